The summed E-state index contributed by atoms with van der Waals surface area (Å²) < 4.78 is 5.70. The highest BCUT2D eigenvalue weighted by Crippen LogP contribution is 2.24. The second-order valence-corrected chi connectivity index (χ2v) is 7.63. The molecule has 2 N–H and O–H groups in total. The monoisotopic (exact) mass is 401 g/mol. The lowest BCUT2D eigenvalue weighted by molar-refractivity contribution is 0.128. The Kier molecular flexibility index (Phi) is 8.58. The average molecular weight is 402 g/mol. The maximum atomic E-state index is 5.70. The quantitative estimate of drug-likeness (QED) is 0.364. The second-order valence-electron chi connectivity index (χ2n) is 6.79. The number of aliphatic imine (C=N–C) groups is 1. The largest absolute Gasteiger partial charge is 0.375 e. The third-order valence-electron chi connectivity index (χ3n) is 4.55. The zero-order valence-electron chi connectivity index (χ0n) is 16.7. The molecule has 0 atom stereocenters. The van der Waals surface area contributed by atoms with E-state index in [0.29, 0.717) is 19.8 Å². The number of aromatic nitrogens is 1. The van der Waals surface area contributed by atoms with Crippen LogP contribution in [0.15, 0.2) is 40.7 Å². The van der Waals surface area contributed by atoms with Crippen LogP contribution in [0.3, 0.4) is 0 Å². The molecule has 0 saturated carbocycles. The summed E-state index contributed by atoms with van der Waals surface area (Å²) in [6.45, 7) is 7.90. The van der Waals surface area contributed by atoms with Gasteiger partial charge in [0.25, 0.3) is 0 Å². The number of hydrogen-bond donors (Lipinski definition) is 2. The van der Waals surface area contributed by atoms with Gasteiger partial charge in [-0.15, -0.1) is 11.3 Å². The van der Waals surface area contributed by atoms with Gasteiger partial charge in [-0.25, -0.2) is 4.98 Å². The van der Waals surface area contributed by atoms with E-state index >= 15 is 0 Å². The summed E-state index contributed by atoms with van der Waals surface area (Å²) in [5, 5.41) is 10.0. The van der Waals surface area contributed by atoms with Gasteiger partial charge in [0, 0.05) is 38.0 Å². The molecule has 7 heteroatoms. The number of anilines is 1. The predicted molar refractivity (Wildman–Crippen MR) is 117 cm³/mol. The third-order valence-corrected chi connectivity index (χ3v) is 5.50. The maximum absolute atomic E-state index is 5.70. The average Bonchev–Trinajstić information content (AvgIpc) is 3.40. The number of nitrogens with one attached hydrogen (secondary N) is 2. The Morgan fingerprint density at radius 2 is 2.04 bits per heavy atom. The van der Waals surface area contributed by atoms with Gasteiger partial charge in [0.05, 0.1) is 25.5 Å². The summed E-state index contributed by atoms with van der Waals surface area (Å²) in [4.78, 5) is 11.8. The topological polar surface area (TPSA) is 61.8 Å². The lowest BCUT2D eigenvalue weighted by Gasteiger charge is -2.12. The molecule has 1 aliphatic rings. The zero-order valence-corrected chi connectivity index (χ0v) is 17.5. The van der Waals surface area contributed by atoms with Crippen molar-refractivity contribution < 1.29 is 4.74 Å². The Bertz CT molecular complexity index is 713. The van der Waals surface area contributed by atoms with E-state index in [1.165, 1.54) is 23.5 Å². The van der Waals surface area contributed by atoms with Crippen LogP contribution in [0.1, 0.15) is 31.0 Å². The molecule has 1 aliphatic heterocycles. The number of benzene rings is 1. The highest BCUT2D eigenvalue weighted by molar-refractivity contribution is 7.13. The molecular formula is C21H31N5OS. The molecule has 6 nitrogen and oxygen atoms in total. The van der Waals surface area contributed by atoms with Crippen molar-refractivity contribution in [3.05, 3.63) is 47.0 Å². The minimum absolute atomic E-state index is 0.608. The minimum atomic E-state index is 0.608. The fourth-order valence-electron chi connectivity index (χ4n) is 3.10. The van der Waals surface area contributed by atoms with Gasteiger partial charge in [0.15, 0.2) is 11.1 Å². The summed E-state index contributed by atoms with van der Waals surface area (Å²) in [6, 6.07) is 10.2. The Hall–Kier alpha value is -2.12. The molecule has 0 unspecified atom stereocenters. The fraction of sp³-hybridized carbons (Fsp3) is 0.524. The van der Waals surface area contributed by atoms with Gasteiger partial charge in [-0.05, 0) is 25.3 Å². The van der Waals surface area contributed by atoms with E-state index in [9.17, 15) is 0 Å². The normalized spacial score (nSPS) is 14.5. The molecule has 0 amide bonds. The lowest BCUT2D eigenvalue weighted by atomic mass is 10.2. The van der Waals surface area contributed by atoms with E-state index in [1.54, 1.807) is 11.3 Å². The molecule has 1 saturated heterocycles. The first-order chi connectivity index (χ1) is 13.8. The summed E-state index contributed by atoms with van der Waals surface area (Å²) in [5.41, 5.74) is 2.34. The van der Waals surface area contributed by atoms with Crippen LogP contribution in [0.4, 0.5) is 5.13 Å². The van der Waals surface area contributed by atoms with Gasteiger partial charge in [-0.1, -0.05) is 30.3 Å². The number of nitrogens with zero attached hydrogens (tertiary/aromatic N) is 3. The van der Waals surface area contributed by atoms with Crippen molar-refractivity contribution in [3.63, 3.8) is 0 Å². The van der Waals surface area contributed by atoms with Crippen LogP contribution in [-0.4, -0.2) is 50.3 Å². The molecule has 0 bridgehead atoms. The smallest absolute Gasteiger partial charge is 0.191 e. The first-order valence-corrected chi connectivity index (χ1v) is 11.1. The Labute approximate surface area is 172 Å². The maximum Gasteiger partial charge on any atom is 0.191 e. The minimum Gasteiger partial charge on any atom is -0.375 e. The predicted octanol–water partition coefficient (Wildman–Crippen LogP) is 3.06. The molecule has 1 aromatic carbocycles. The van der Waals surface area contributed by atoms with Gasteiger partial charge in [0.2, 0.25) is 0 Å². The van der Waals surface area contributed by atoms with Crippen molar-refractivity contribution in [2.45, 2.75) is 32.8 Å². The van der Waals surface area contributed by atoms with E-state index in [4.69, 9.17) is 9.72 Å². The molecule has 2 heterocycles. The van der Waals surface area contributed by atoms with Crippen LogP contribution in [-0.2, 0) is 17.8 Å². The molecule has 2 aromatic rings. The van der Waals surface area contributed by atoms with Crippen molar-refractivity contribution in [2.75, 3.05) is 44.2 Å². The standard InChI is InChI=1S/C21H31N5OS/c1-2-22-20(24-12-15-27-16-18-8-4-3-5-9-18)23-11-10-19-17-28-21(25-19)26-13-6-7-14-26/h3-5,8-9,17H,2,6-7,10-16H2,1H3,(H2,22,23,24). The van der Waals surface area contributed by atoms with Crippen molar-refractivity contribution >= 4 is 22.4 Å². The molecule has 0 spiro atoms. The summed E-state index contributed by atoms with van der Waals surface area (Å²) in [6.07, 6.45) is 3.47. The summed E-state index contributed by atoms with van der Waals surface area (Å²) in [5.74, 6) is 0.834. The first-order valence-electron chi connectivity index (χ1n) is 10.2. The number of thiazole rings is 1. The number of ether oxygens (including phenoxy) is 1. The molecule has 28 heavy (non-hydrogen) atoms. The Morgan fingerprint density at radius 3 is 2.82 bits per heavy atom. The molecule has 1 fully saturated rings. The van der Waals surface area contributed by atoms with Gasteiger partial charge < -0.3 is 20.3 Å². The first kappa shape index (κ1) is 20.6. The molecule has 1 aromatic heterocycles. The molecule has 0 radical (unpaired) electrons. The number of rotatable bonds is 10. The Morgan fingerprint density at radius 1 is 1.21 bits per heavy atom. The Balaban J connectivity index is 1.35. The van der Waals surface area contributed by atoms with Gasteiger partial charge in [0.1, 0.15) is 0 Å². The molecule has 3 rings (SSSR count). The van der Waals surface area contributed by atoms with Crippen LogP contribution in [0.25, 0.3) is 0 Å². The molecule has 0 aliphatic carbocycles. The summed E-state index contributed by atoms with van der Waals surface area (Å²) >= 11 is 1.76. The van der Waals surface area contributed by atoms with Gasteiger partial charge in [-0.2, -0.15) is 0 Å². The van der Waals surface area contributed by atoms with E-state index in [-0.39, 0.29) is 0 Å². The highest BCUT2D eigenvalue weighted by atomic mass is 32.1. The van der Waals surface area contributed by atoms with Crippen molar-refractivity contribution in [3.8, 4) is 0 Å². The van der Waals surface area contributed by atoms with E-state index < -0.39 is 0 Å². The van der Waals surface area contributed by atoms with E-state index in [1.807, 2.05) is 18.2 Å². The van der Waals surface area contributed by atoms with Crippen LogP contribution in [0.2, 0.25) is 0 Å². The lowest BCUT2D eigenvalue weighted by Crippen LogP contribution is -2.38. The fourth-order valence-corrected chi connectivity index (χ4v) is 4.02. The highest BCUT2D eigenvalue weighted by Gasteiger charge is 2.15. The van der Waals surface area contributed by atoms with Gasteiger partial charge in [-0.3, -0.25) is 4.99 Å². The van der Waals surface area contributed by atoms with Crippen molar-refractivity contribution in [2.24, 2.45) is 4.99 Å². The van der Waals surface area contributed by atoms with Crippen LogP contribution in [0, 0.1) is 0 Å². The zero-order chi connectivity index (χ0) is 19.4. The van der Waals surface area contributed by atoms with Crippen molar-refractivity contribution in [1.82, 2.24) is 15.6 Å². The SMILES string of the molecule is CCNC(=NCCOCc1ccccc1)NCCc1csc(N2CCCC2)n1. The van der Waals surface area contributed by atoms with Gasteiger partial charge >= 0.3 is 0 Å². The van der Waals surface area contributed by atoms with Crippen molar-refractivity contribution in [1.29, 1.82) is 0 Å². The van der Waals surface area contributed by atoms with Crippen LogP contribution >= 0.6 is 11.3 Å². The third kappa shape index (κ3) is 6.80. The molecule has 152 valence electrons. The van der Waals surface area contributed by atoms with Crippen LogP contribution in [0.5, 0.6) is 0 Å². The number of hydrogen-bond acceptors (Lipinski definition) is 5. The summed E-state index contributed by atoms with van der Waals surface area (Å²) in [7, 11) is 0. The van der Waals surface area contributed by atoms with Crippen LogP contribution < -0.4 is 15.5 Å². The molecular weight excluding hydrogens is 370 g/mol. The second kappa shape index (κ2) is 11.7. The van der Waals surface area contributed by atoms with E-state index in [0.717, 1.165) is 44.3 Å². The van der Waals surface area contributed by atoms with E-state index in [2.05, 4.69) is 45.0 Å². The number of guanidine groups is 1.